The number of carbonyl (C=O) groups is 2. The third kappa shape index (κ3) is 9.29. The average molecular weight is 576 g/mol. The Bertz CT molecular complexity index is 1320. The predicted octanol–water partition coefficient (Wildman–Crippen LogP) is 6.51. The number of ether oxygens (including phenoxy) is 2. The summed E-state index contributed by atoms with van der Waals surface area (Å²) in [7, 11) is 0. The lowest BCUT2D eigenvalue weighted by atomic mass is 10.1. The first-order chi connectivity index (χ1) is 20.4. The van der Waals surface area contributed by atoms with Crippen LogP contribution in [0, 0.1) is 5.92 Å². The number of rotatable bonds is 17. The molecule has 3 rings (SSSR count). The van der Waals surface area contributed by atoms with Crippen molar-refractivity contribution in [1.82, 2.24) is 14.5 Å². The molecule has 0 aliphatic heterocycles. The van der Waals surface area contributed by atoms with Crippen LogP contribution in [0.15, 0.2) is 65.5 Å². The van der Waals surface area contributed by atoms with Crippen molar-refractivity contribution >= 4 is 11.9 Å². The largest absolute Gasteiger partial charge is 0.493 e. The Labute approximate surface area is 249 Å². The number of amides is 1. The summed E-state index contributed by atoms with van der Waals surface area (Å²) in [6.07, 6.45) is 6.46. The molecule has 0 aliphatic carbocycles. The Morgan fingerprint density at radius 2 is 1.64 bits per heavy atom. The summed E-state index contributed by atoms with van der Waals surface area (Å²) < 4.78 is 12.6. The van der Waals surface area contributed by atoms with Crippen LogP contribution in [0.2, 0.25) is 0 Å². The molecule has 0 fully saturated rings. The van der Waals surface area contributed by atoms with Crippen molar-refractivity contribution in [3.63, 3.8) is 0 Å². The van der Waals surface area contributed by atoms with Crippen molar-refractivity contribution in [2.24, 2.45) is 5.92 Å². The number of esters is 1. The van der Waals surface area contributed by atoms with Crippen molar-refractivity contribution in [3.05, 3.63) is 82.4 Å². The second kappa shape index (κ2) is 17.1. The van der Waals surface area contributed by atoms with Gasteiger partial charge in [0.15, 0.2) is 0 Å². The first kappa shape index (κ1) is 32.6. The molecule has 2 aromatic carbocycles. The minimum Gasteiger partial charge on any atom is -0.493 e. The summed E-state index contributed by atoms with van der Waals surface area (Å²) in [5.74, 6) is 0.444. The van der Waals surface area contributed by atoms with Crippen molar-refractivity contribution in [3.8, 4) is 17.0 Å². The van der Waals surface area contributed by atoms with Gasteiger partial charge in [-0.1, -0.05) is 76.8 Å². The van der Waals surface area contributed by atoms with E-state index < -0.39 is 0 Å². The number of benzene rings is 2. The van der Waals surface area contributed by atoms with Gasteiger partial charge in [-0.15, -0.1) is 0 Å². The van der Waals surface area contributed by atoms with Gasteiger partial charge in [0.2, 0.25) is 0 Å². The maximum Gasteiger partial charge on any atom is 0.312 e. The van der Waals surface area contributed by atoms with Crippen molar-refractivity contribution < 1.29 is 19.1 Å². The summed E-state index contributed by atoms with van der Waals surface area (Å²) in [6, 6.07) is 18.1. The zero-order valence-corrected chi connectivity index (χ0v) is 25.5. The van der Waals surface area contributed by atoms with Crippen LogP contribution in [-0.4, -0.2) is 46.1 Å². The van der Waals surface area contributed by atoms with E-state index >= 15 is 0 Å². The molecule has 0 spiro atoms. The Morgan fingerprint density at radius 1 is 0.929 bits per heavy atom. The van der Waals surface area contributed by atoms with Crippen LogP contribution in [0.5, 0.6) is 5.75 Å². The fourth-order valence-corrected chi connectivity index (χ4v) is 4.73. The highest BCUT2D eigenvalue weighted by Gasteiger charge is 2.21. The van der Waals surface area contributed by atoms with Crippen LogP contribution in [0.25, 0.3) is 11.3 Å². The fourth-order valence-electron chi connectivity index (χ4n) is 4.73. The van der Waals surface area contributed by atoms with Crippen molar-refractivity contribution in [2.75, 3.05) is 19.8 Å². The standard InChI is InChI=1S/C34H45N3O5/c1-5-9-10-11-15-22-36(25-37-31(7-3)35-30(23-32(37)38)27-16-13-12-14-17-27)33(39)28-18-20-29(21-19-28)42-24-26(6-2)34(40)41-8-4/h12-14,16-21,23,26H,5-11,15,22,24-25H2,1-4H3. The lowest BCUT2D eigenvalue weighted by Crippen LogP contribution is -2.39. The summed E-state index contributed by atoms with van der Waals surface area (Å²) >= 11 is 0. The van der Waals surface area contributed by atoms with Crippen LogP contribution in [0.3, 0.4) is 0 Å². The van der Waals surface area contributed by atoms with Crippen LogP contribution in [-0.2, 0) is 22.6 Å². The molecule has 1 unspecified atom stereocenters. The van der Waals surface area contributed by atoms with Gasteiger partial charge < -0.3 is 14.4 Å². The monoisotopic (exact) mass is 575 g/mol. The molecule has 3 aromatic rings. The normalized spacial score (nSPS) is 11.6. The molecule has 8 heteroatoms. The Balaban J connectivity index is 1.79. The number of hydrogen-bond donors (Lipinski definition) is 0. The number of nitrogens with zero attached hydrogens (tertiary/aromatic N) is 3. The molecule has 0 saturated heterocycles. The zero-order valence-electron chi connectivity index (χ0n) is 25.5. The van der Waals surface area contributed by atoms with Gasteiger partial charge in [-0.25, -0.2) is 4.98 Å². The van der Waals surface area contributed by atoms with Crippen LogP contribution >= 0.6 is 0 Å². The van der Waals surface area contributed by atoms with E-state index in [4.69, 9.17) is 14.5 Å². The van der Waals surface area contributed by atoms with E-state index in [1.54, 1.807) is 46.7 Å². The van der Waals surface area contributed by atoms with Crippen molar-refractivity contribution in [2.45, 2.75) is 79.3 Å². The highest BCUT2D eigenvalue weighted by molar-refractivity contribution is 5.94. The fraction of sp³-hybridized carbons (Fsp3) is 0.471. The molecule has 0 bridgehead atoms. The van der Waals surface area contributed by atoms with Crippen LogP contribution < -0.4 is 10.3 Å². The number of aromatic nitrogens is 2. The average Bonchev–Trinajstić information content (AvgIpc) is 3.01. The predicted molar refractivity (Wildman–Crippen MR) is 165 cm³/mol. The smallest absolute Gasteiger partial charge is 0.312 e. The molecule has 1 atom stereocenters. The summed E-state index contributed by atoms with van der Waals surface area (Å²) in [5, 5.41) is 0. The Morgan fingerprint density at radius 3 is 2.29 bits per heavy atom. The molecule has 1 heterocycles. The molecule has 0 saturated carbocycles. The number of aryl methyl sites for hydroxylation is 1. The molecule has 226 valence electrons. The van der Waals surface area contributed by atoms with Gasteiger partial charge in [0.25, 0.3) is 11.5 Å². The quantitative estimate of drug-likeness (QED) is 0.135. The lowest BCUT2D eigenvalue weighted by Gasteiger charge is -2.25. The van der Waals surface area contributed by atoms with E-state index in [0.29, 0.717) is 48.8 Å². The highest BCUT2D eigenvalue weighted by Crippen LogP contribution is 2.19. The van der Waals surface area contributed by atoms with E-state index in [0.717, 1.165) is 37.7 Å². The number of carbonyl (C=O) groups excluding carboxylic acids is 2. The van der Waals surface area contributed by atoms with Crippen LogP contribution in [0.1, 0.15) is 82.4 Å². The van der Waals surface area contributed by atoms with Crippen molar-refractivity contribution in [1.29, 1.82) is 0 Å². The topological polar surface area (TPSA) is 90.7 Å². The molecule has 8 nitrogen and oxygen atoms in total. The summed E-state index contributed by atoms with van der Waals surface area (Å²) in [5.41, 5.74) is 1.85. The Hall–Kier alpha value is -3.94. The SMILES string of the molecule is CCCCCCCN(Cn1c(CC)nc(-c2ccccc2)cc1=O)C(=O)c1ccc(OCC(CC)C(=O)OCC)cc1. The molecule has 42 heavy (non-hydrogen) atoms. The highest BCUT2D eigenvalue weighted by atomic mass is 16.5. The zero-order chi connectivity index (χ0) is 30.3. The van der Waals surface area contributed by atoms with E-state index in [2.05, 4.69) is 6.92 Å². The van der Waals surface area contributed by atoms with E-state index in [1.165, 1.54) is 0 Å². The summed E-state index contributed by atoms with van der Waals surface area (Å²) in [6.45, 7) is 9.05. The van der Waals surface area contributed by atoms with E-state index in [-0.39, 0.29) is 36.6 Å². The second-order valence-corrected chi connectivity index (χ2v) is 10.4. The van der Waals surface area contributed by atoms with Gasteiger partial charge >= 0.3 is 5.97 Å². The first-order valence-electron chi connectivity index (χ1n) is 15.3. The molecular formula is C34H45N3O5. The number of unbranched alkanes of at least 4 members (excludes halogenated alkanes) is 4. The molecule has 0 aliphatic rings. The van der Waals surface area contributed by atoms with Gasteiger partial charge in [-0.3, -0.25) is 19.0 Å². The third-order valence-corrected chi connectivity index (χ3v) is 7.27. The minimum absolute atomic E-state index is 0.132. The summed E-state index contributed by atoms with van der Waals surface area (Å²) in [4.78, 5) is 45.7. The Kier molecular flexibility index (Phi) is 13.3. The minimum atomic E-state index is -0.345. The van der Waals surface area contributed by atoms with Gasteiger partial charge in [0.05, 0.1) is 18.2 Å². The molecular weight excluding hydrogens is 530 g/mol. The molecule has 0 radical (unpaired) electrons. The van der Waals surface area contributed by atoms with E-state index in [1.807, 2.05) is 44.2 Å². The lowest BCUT2D eigenvalue weighted by molar-refractivity contribution is -0.149. The third-order valence-electron chi connectivity index (χ3n) is 7.27. The molecule has 1 amide bonds. The molecule has 0 N–H and O–H groups in total. The first-order valence-corrected chi connectivity index (χ1v) is 15.3. The maximum absolute atomic E-state index is 13.7. The van der Waals surface area contributed by atoms with Crippen LogP contribution in [0.4, 0.5) is 0 Å². The van der Waals surface area contributed by atoms with Gasteiger partial charge in [-0.05, 0) is 44.0 Å². The second-order valence-electron chi connectivity index (χ2n) is 10.4. The van der Waals surface area contributed by atoms with Gasteiger partial charge in [-0.2, -0.15) is 0 Å². The number of hydrogen-bond acceptors (Lipinski definition) is 6. The maximum atomic E-state index is 13.7. The van der Waals surface area contributed by atoms with E-state index in [9.17, 15) is 14.4 Å². The van der Waals surface area contributed by atoms with Gasteiger partial charge in [0, 0.05) is 30.2 Å². The van der Waals surface area contributed by atoms with Gasteiger partial charge in [0.1, 0.15) is 24.8 Å². The molecule has 1 aromatic heterocycles.